The third-order valence-corrected chi connectivity index (χ3v) is 3.74. The second kappa shape index (κ2) is 9.36. The Morgan fingerprint density at radius 3 is 2.39 bits per heavy atom. The maximum Gasteiger partial charge on any atom is 0.347 e. The van der Waals surface area contributed by atoms with Crippen molar-refractivity contribution in [3.63, 3.8) is 0 Å². The van der Waals surface area contributed by atoms with E-state index in [-0.39, 0.29) is 11.4 Å². The number of nitrogens with zero attached hydrogens (tertiary/aromatic N) is 1. The van der Waals surface area contributed by atoms with E-state index in [1.807, 2.05) is 0 Å². The van der Waals surface area contributed by atoms with Crippen LogP contribution in [0.25, 0.3) is 0 Å². The largest absolute Gasteiger partial charge is 0.497 e. The number of nitro benzene ring substituents is 1. The maximum atomic E-state index is 12.0. The van der Waals surface area contributed by atoms with E-state index in [0.29, 0.717) is 17.1 Å². The zero-order valence-electron chi connectivity index (χ0n) is 15.6. The molecular weight excluding hydrogens is 368 g/mol. The quantitative estimate of drug-likeness (QED) is 0.420. The highest BCUT2D eigenvalue weighted by Gasteiger charge is 2.18. The molecule has 9 heteroatoms. The van der Waals surface area contributed by atoms with E-state index in [1.165, 1.54) is 32.2 Å². The van der Waals surface area contributed by atoms with Crippen LogP contribution in [-0.2, 0) is 14.3 Å². The molecule has 0 radical (unpaired) electrons. The Morgan fingerprint density at radius 1 is 1.14 bits per heavy atom. The minimum atomic E-state index is -0.929. The highest BCUT2D eigenvalue weighted by atomic mass is 16.6. The van der Waals surface area contributed by atoms with Crippen LogP contribution in [0, 0.1) is 17.0 Å². The molecule has 2 aromatic rings. The van der Waals surface area contributed by atoms with Crippen LogP contribution in [0.1, 0.15) is 12.5 Å². The van der Waals surface area contributed by atoms with Gasteiger partial charge in [0.25, 0.3) is 11.6 Å². The lowest BCUT2D eigenvalue weighted by molar-refractivity contribution is -0.385. The summed E-state index contributed by atoms with van der Waals surface area (Å²) >= 11 is 0. The van der Waals surface area contributed by atoms with Crippen molar-refractivity contribution in [1.29, 1.82) is 0 Å². The molecule has 0 aliphatic carbocycles. The smallest absolute Gasteiger partial charge is 0.347 e. The molecule has 0 aliphatic heterocycles. The number of methoxy groups -OCH3 is 1. The topological polar surface area (TPSA) is 117 Å². The average Bonchev–Trinajstić information content (AvgIpc) is 2.67. The minimum Gasteiger partial charge on any atom is -0.497 e. The number of carbonyl (C=O) groups excluding carboxylic acids is 2. The van der Waals surface area contributed by atoms with Crippen molar-refractivity contribution in [2.75, 3.05) is 19.0 Å². The number of anilines is 1. The lowest BCUT2D eigenvalue weighted by Crippen LogP contribution is -2.29. The standard InChI is InChI=1S/C19H20N2O7/c1-12-4-5-14(10-17(12)21(24)25)20-18(22)11-27-19(23)13(2)28-16-8-6-15(26-3)7-9-16/h4-10,13H,11H2,1-3H3,(H,20,22). The second-order valence-electron chi connectivity index (χ2n) is 5.85. The van der Waals surface area contributed by atoms with Crippen molar-refractivity contribution >= 4 is 23.3 Å². The van der Waals surface area contributed by atoms with Gasteiger partial charge in [0.2, 0.25) is 0 Å². The molecule has 0 spiro atoms. The number of hydrogen-bond donors (Lipinski definition) is 1. The Kier molecular flexibility index (Phi) is 6.91. The number of hydrogen-bond acceptors (Lipinski definition) is 7. The van der Waals surface area contributed by atoms with Gasteiger partial charge in [-0.3, -0.25) is 14.9 Å². The molecule has 0 aromatic heterocycles. The highest BCUT2D eigenvalue weighted by Crippen LogP contribution is 2.22. The lowest BCUT2D eigenvalue weighted by Gasteiger charge is -2.14. The SMILES string of the molecule is COc1ccc(OC(C)C(=O)OCC(=O)Nc2ccc(C)c([N+](=O)[O-])c2)cc1. The molecule has 0 saturated heterocycles. The summed E-state index contributed by atoms with van der Waals surface area (Å²) in [5.74, 6) is -0.249. The summed E-state index contributed by atoms with van der Waals surface area (Å²) in [6.07, 6.45) is -0.929. The number of carbonyl (C=O) groups is 2. The van der Waals surface area contributed by atoms with Gasteiger partial charge in [0.05, 0.1) is 12.0 Å². The van der Waals surface area contributed by atoms with E-state index in [9.17, 15) is 19.7 Å². The Hall–Kier alpha value is -3.62. The molecule has 2 rings (SSSR count). The van der Waals surface area contributed by atoms with Crippen LogP contribution in [0.5, 0.6) is 11.5 Å². The van der Waals surface area contributed by atoms with Gasteiger partial charge in [0.15, 0.2) is 12.7 Å². The molecule has 1 atom stereocenters. The highest BCUT2D eigenvalue weighted by molar-refractivity contribution is 5.93. The van der Waals surface area contributed by atoms with Gasteiger partial charge >= 0.3 is 5.97 Å². The molecule has 28 heavy (non-hydrogen) atoms. The molecule has 0 saturated carbocycles. The van der Waals surface area contributed by atoms with Crippen molar-refractivity contribution in [1.82, 2.24) is 0 Å². The molecule has 1 N–H and O–H groups in total. The first-order chi connectivity index (χ1) is 13.3. The van der Waals surface area contributed by atoms with Crippen molar-refractivity contribution in [2.24, 2.45) is 0 Å². The number of esters is 1. The third kappa shape index (κ3) is 5.70. The Balaban J connectivity index is 1.85. The molecule has 148 valence electrons. The predicted molar refractivity (Wildman–Crippen MR) is 101 cm³/mol. The van der Waals surface area contributed by atoms with Crippen molar-refractivity contribution < 1.29 is 28.7 Å². The van der Waals surface area contributed by atoms with Gasteiger partial charge in [-0.05, 0) is 44.2 Å². The van der Waals surface area contributed by atoms with E-state index in [2.05, 4.69) is 5.32 Å². The zero-order chi connectivity index (χ0) is 20.7. The summed E-state index contributed by atoms with van der Waals surface area (Å²) < 4.78 is 15.4. The van der Waals surface area contributed by atoms with Gasteiger partial charge in [-0.15, -0.1) is 0 Å². The van der Waals surface area contributed by atoms with Gasteiger partial charge < -0.3 is 19.5 Å². The van der Waals surface area contributed by atoms with E-state index in [4.69, 9.17) is 14.2 Å². The molecule has 0 aliphatic rings. The van der Waals surface area contributed by atoms with E-state index in [0.717, 1.165) is 0 Å². The lowest BCUT2D eigenvalue weighted by atomic mass is 10.2. The zero-order valence-corrected chi connectivity index (χ0v) is 15.6. The van der Waals surface area contributed by atoms with Crippen LogP contribution in [0.15, 0.2) is 42.5 Å². The molecule has 2 aromatic carbocycles. The van der Waals surface area contributed by atoms with Crippen molar-refractivity contribution in [2.45, 2.75) is 20.0 Å². The normalized spacial score (nSPS) is 11.2. The molecule has 1 amide bonds. The van der Waals surface area contributed by atoms with E-state index < -0.39 is 29.5 Å². The van der Waals surface area contributed by atoms with Crippen LogP contribution < -0.4 is 14.8 Å². The Morgan fingerprint density at radius 2 is 1.79 bits per heavy atom. The number of benzene rings is 2. The summed E-state index contributed by atoms with van der Waals surface area (Å²) in [5, 5.41) is 13.4. The summed E-state index contributed by atoms with van der Waals surface area (Å²) in [6.45, 7) is 2.54. The molecule has 0 heterocycles. The van der Waals surface area contributed by atoms with Crippen molar-refractivity contribution in [3.8, 4) is 11.5 Å². The number of aryl methyl sites for hydroxylation is 1. The minimum absolute atomic E-state index is 0.115. The van der Waals surface area contributed by atoms with Gasteiger partial charge in [-0.2, -0.15) is 0 Å². The molecule has 0 bridgehead atoms. The summed E-state index contributed by atoms with van der Waals surface area (Å²) in [7, 11) is 1.54. The number of amides is 1. The average molecular weight is 388 g/mol. The fourth-order valence-electron chi connectivity index (χ4n) is 2.24. The second-order valence-corrected chi connectivity index (χ2v) is 5.85. The predicted octanol–water partition coefficient (Wildman–Crippen LogP) is 2.86. The van der Waals surface area contributed by atoms with Crippen LogP contribution in [0.2, 0.25) is 0 Å². The van der Waals surface area contributed by atoms with Crippen LogP contribution >= 0.6 is 0 Å². The number of ether oxygens (including phenoxy) is 3. The summed E-state index contributed by atoms with van der Waals surface area (Å²) in [4.78, 5) is 34.3. The summed E-state index contributed by atoms with van der Waals surface area (Å²) in [6, 6.07) is 10.9. The molecule has 1 unspecified atom stereocenters. The Labute approximate surface area is 161 Å². The first-order valence-electron chi connectivity index (χ1n) is 8.32. The number of rotatable bonds is 8. The van der Waals surface area contributed by atoms with E-state index >= 15 is 0 Å². The van der Waals surface area contributed by atoms with Crippen molar-refractivity contribution in [3.05, 3.63) is 58.1 Å². The first kappa shape index (κ1) is 20.7. The van der Waals surface area contributed by atoms with E-state index in [1.54, 1.807) is 31.2 Å². The van der Waals surface area contributed by atoms with Crippen LogP contribution in [0.3, 0.4) is 0 Å². The first-order valence-corrected chi connectivity index (χ1v) is 8.32. The Bertz CT molecular complexity index is 865. The fourth-order valence-corrected chi connectivity index (χ4v) is 2.24. The number of nitrogens with one attached hydrogen (secondary N) is 1. The number of nitro groups is 1. The molecular formula is C19H20N2O7. The van der Waals surface area contributed by atoms with Crippen LogP contribution in [0.4, 0.5) is 11.4 Å². The van der Waals surface area contributed by atoms with Gasteiger partial charge in [0, 0.05) is 17.3 Å². The molecule has 0 fully saturated rings. The van der Waals surface area contributed by atoms with Gasteiger partial charge in [-0.25, -0.2) is 4.79 Å². The summed E-state index contributed by atoms with van der Waals surface area (Å²) in [5.41, 5.74) is 0.594. The third-order valence-electron chi connectivity index (χ3n) is 3.74. The maximum absolute atomic E-state index is 12.0. The van der Waals surface area contributed by atoms with Gasteiger partial charge in [-0.1, -0.05) is 6.07 Å². The van der Waals surface area contributed by atoms with Gasteiger partial charge in [0.1, 0.15) is 11.5 Å². The fraction of sp³-hybridized carbons (Fsp3) is 0.263. The molecule has 9 nitrogen and oxygen atoms in total. The van der Waals surface area contributed by atoms with Crippen LogP contribution in [-0.4, -0.2) is 36.6 Å². The monoisotopic (exact) mass is 388 g/mol.